The van der Waals surface area contributed by atoms with Crippen LogP contribution in [-0.4, -0.2) is 13.8 Å². The van der Waals surface area contributed by atoms with Crippen molar-refractivity contribution < 1.29 is 17.3 Å². The van der Waals surface area contributed by atoms with Gasteiger partial charge in [-0.25, -0.2) is 0 Å². The molecule has 0 saturated heterocycles. The number of nitrogens with two attached hydrogens (primary N) is 1. The van der Waals surface area contributed by atoms with E-state index >= 15 is 0 Å². The maximum Gasteiger partial charge on any atom is 0.673 e. The highest BCUT2D eigenvalue weighted by Gasteiger charge is 2.20. The minimum Gasteiger partial charge on any atom is -0.418 e. The summed E-state index contributed by atoms with van der Waals surface area (Å²) < 4.78 is 39.0. The molecule has 0 aromatic rings. The highest BCUT2D eigenvalue weighted by Crippen LogP contribution is 2.06. The fraction of sp³-hybridized carbons (Fsp3) is 0.600. The summed E-state index contributed by atoms with van der Waals surface area (Å²) in [6.07, 6.45) is 4.01. The topological polar surface area (TPSA) is 26.0 Å². The quantitative estimate of drug-likeness (QED) is 0.300. The molecule has 11 heavy (non-hydrogen) atoms. The van der Waals surface area contributed by atoms with Gasteiger partial charge in [0.15, 0.2) is 0 Å². The maximum atomic E-state index is 9.75. The Labute approximate surface area is 63.4 Å². The minimum atomic E-state index is -6.00. The van der Waals surface area contributed by atoms with Crippen LogP contribution in [0.3, 0.4) is 0 Å². The van der Waals surface area contributed by atoms with Gasteiger partial charge in [0.2, 0.25) is 0 Å². The molecule has 0 heterocycles. The molecule has 0 unspecified atom stereocenters. The Balaban J connectivity index is 0. The molecule has 0 fully saturated rings. The van der Waals surface area contributed by atoms with Gasteiger partial charge in [0.1, 0.15) is 0 Å². The lowest BCUT2D eigenvalue weighted by Gasteiger charge is -1.94. The molecule has 0 rings (SSSR count). The van der Waals surface area contributed by atoms with Gasteiger partial charge in [-0.3, -0.25) is 0 Å². The number of hydrogen-bond donors (Lipinski definition) is 1. The van der Waals surface area contributed by atoms with Crippen molar-refractivity contribution in [3.05, 3.63) is 12.7 Å². The van der Waals surface area contributed by atoms with Gasteiger partial charge < -0.3 is 23.0 Å². The number of halogens is 4. The molecule has 68 valence electrons. The fourth-order valence-electron chi connectivity index (χ4n) is 0.262. The highest BCUT2D eigenvalue weighted by atomic mass is 19.5. The van der Waals surface area contributed by atoms with Crippen LogP contribution in [-0.2, 0) is 0 Å². The summed E-state index contributed by atoms with van der Waals surface area (Å²) in [5.41, 5.74) is 5.17. The first-order chi connectivity index (χ1) is 4.91. The monoisotopic (exact) mass is 172 g/mol. The Morgan fingerprint density at radius 3 is 1.73 bits per heavy atom. The average Bonchev–Trinajstić information content (AvgIpc) is 1.79. The molecule has 0 saturated carbocycles. The molecule has 0 aromatic heterocycles. The lowest BCUT2D eigenvalue weighted by atomic mass is 10.3. The molecule has 0 atom stereocenters. The number of hydrogen-bond acceptors (Lipinski definition) is 1. The van der Waals surface area contributed by atoms with E-state index in [1.807, 2.05) is 6.08 Å². The van der Waals surface area contributed by atoms with Crippen LogP contribution in [0.25, 0.3) is 0 Å². The van der Waals surface area contributed by atoms with Crippen LogP contribution in [0.5, 0.6) is 0 Å². The second-order valence-electron chi connectivity index (χ2n) is 1.71. The summed E-state index contributed by atoms with van der Waals surface area (Å²) in [5, 5.41) is 0. The van der Waals surface area contributed by atoms with Crippen LogP contribution in [0.2, 0.25) is 0 Å². The van der Waals surface area contributed by atoms with Crippen molar-refractivity contribution in [3.63, 3.8) is 0 Å². The van der Waals surface area contributed by atoms with Gasteiger partial charge in [0.25, 0.3) is 0 Å². The van der Waals surface area contributed by atoms with Crippen LogP contribution < -0.4 is 5.73 Å². The molecule has 0 bridgehead atoms. The third-order valence-electron chi connectivity index (χ3n) is 0.612. The van der Waals surface area contributed by atoms with Gasteiger partial charge in [0, 0.05) is 0 Å². The molecule has 1 nitrogen and oxygen atoms in total. The predicted molar refractivity (Wildman–Crippen MR) is 38.7 cm³/mol. The SMILES string of the molecule is C=CCCCN.F[B-](F)(F)F. The van der Waals surface area contributed by atoms with Crippen LogP contribution in [0.1, 0.15) is 12.8 Å². The maximum absolute atomic E-state index is 9.75. The Kier molecular flexibility index (Phi) is 9.04. The van der Waals surface area contributed by atoms with E-state index in [0.29, 0.717) is 0 Å². The average molecular weight is 172 g/mol. The molecule has 0 aliphatic heterocycles. The van der Waals surface area contributed by atoms with Gasteiger partial charge in [-0.05, 0) is 19.4 Å². The molecule has 0 amide bonds. The second kappa shape index (κ2) is 7.59. The van der Waals surface area contributed by atoms with Crippen molar-refractivity contribution in [2.24, 2.45) is 5.73 Å². The Hall–Kier alpha value is -0.515. The first kappa shape index (κ1) is 13.1. The van der Waals surface area contributed by atoms with Crippen LogP contribution in [0.4, 0.5) is 17.3 Å². The minimum absolute atomic E-state index is 0.784. The Bertz CT molecular complexity index is 87.0. The normalized spacial score (nSPS) is 9.91. The van der Waals surface area contributed by atoms with Gasteiger partial charge >= 0.3 is 7.25 Å². The van der Waals surface area contributed by atoms with E-state index in [2.05, 4.69) is 6.58 Å². The van der Waals surface area contributed by atoms with E-state index in [9.17, 15) is 17.3 Å². The first-order valence-electron chi connectivity index (χ1n) is 3.10. The molecule has 0 spiro atoms. The predicted octanol–water partition coefficient (Wildman–Crippen LogP) is 2.21. The van der Waals surface area contributed by atoms with E-state index in [4.69, 9.17) is 5.73 Å². The zero-order chi connectivity index (χ0) is 9.33. The van der Waals surface area contributed by atoms with Crippen molar-refractivity contribution in [2.75, 3.05) is 6.54 Å². The van der Waals surface area contributed by atoms with Gasteiger partial charge in [0.05, 0.1) is 0 Å². The summed E-state index contributed by atoms with van der Waals surface area (Å²) in [5.74, 6) is 0. The summed E-state index contributed by atoms with van der Waals surface area (Å²) >= 11 is 0. The highest BCUT2D eigenvalue weighted by molar-refractivity contribution is 6.50. The molecule has 0 aliphatic carbocycles. The van der Waals surface area contributed by atoms with Crippen molar-refractivity contribution in [3.8, 4) is 0 Å². The zero-order valence-corrected chi connectivity index (χ0v) is 6.07. The van der Waals surface area contributed by atoms with E-state index in [0.717, 1.165) is 19.4 Å². The van der Waals surface area contributed by atoms with Crippen LogP contribution in [0, 0.1) is 0 Å². The van der Waals surface area contributed by atoms with Crippen molar-refractivity contribution in [1.82, 2.24) is 0 Å². The number of allylic oxidation sites excluding steroid dienone is 1. The molecule has 2 N–H and O–H groups in total. The Morgan fingerprint density at radius 1 is 1.27 bits per heavy atom. The standard InChI is InChI=1S/C5H11N.BF4/c1-2-3-4-5-6;2-1(3,4)5/h2H,1,3-6H2;/q;-1. The van der Waals surface area contributed by atoms with E-state index in [1.165, 1.54) is 0 Å². The van der Waals surface area contributed by atoms with Gasteiger partial charge in [-0.15, -0.1) is 6.58 Å². The summed E-state index contributed by atoms with van der Waals surface area (Å²) in [6.45, 7) is 4.33. The Morgan fingerprint density at radius 2 is 1.64 bits per heavy atom. The van der Waals surface area contributed by atoms with Crippen LogP contribution in [0.15, 0.2) is 12.7 Å². The molecule has 6 heteroatoms. The molecule has 0 aliphatic rings. The zero-order valence-electron chi connectivity index (χ0n) is 6.07. The number of rotatable bonds is 3. The van der Waals surface area contributed by atoms with Gasteiger partial charge in [-0.2, -0.15) is 0 Å². The smallest absolute Gasteiger partial charge is 0.418 e. The lowest BCUT2D eigenvalue weighted by molar-refractivity contribution is 0.368. The molecular formula is C5H11BF4N-. The van der Waals surface area contributed by atoms with Crippen molar-refractivity contribution >= 4 is 7.25 Å². The van der Waals surface area contributed by atoms with Crippen LogP contribution >= 0.6 is 0 Å². The molecule has 0 aromatic carbocycles. The van der Waals surface area contributed by atoms with Crippen molar-refractivity contribution in [2.45, 2.75) is 12.8 Å². The molecule has 0 radical (unpaired) electrons. The van der Waals surface area contributed by atoms with Crippen molar-refractivity contribution in [1.29, 1.82) is 0 Å². The summed E-state index contributed by atoms with van der Waals surface area (Å²) in [7, 11) is -6.00. The summed E-state index contributed by atoms with van der Waals surface area (Å²) in [6, 6.07) is 0. The molecular weight excluding hydrogens is 161 g/mol. The van der Waals surface area contributed by atoms with E-state index in [1.54, 1.807) is 0 Å². The number of unbranched alkanes of at least 4 members (excludes halogenated alkanes) is 1. The third-order valence-corrected chi connectivity index (χ3v) is 0.612. The fourth-order valence-corrected chi connectivity index (χ4v) is 0.262. The lowest BCUT2D eigenvalue weighted by Crippen LogP contribution is -2.02. The third kappa shape index (κ3) is 86.1. The van der Waals surface area contributed by atoms with E-state index < -0.39 is 7.25 Å². The van der Waals surface area contributed by atoms with E-state index in [-0.39, 0.29) is 0 Å². The van der Waals surface area contributed by atoms with Gasteiger partial charge in [-0.1, -0.05) is 6.08 Å². The summed E-state index contributed by atoms with van der Waals surface area (Å²) in [4.78, 5) is 0. The largest absolute Gasteiger partial charge is 0.673 e. The first-order valence-corrected chi connectivity index (χ1v) is 3.10. The second-order valence-corrected chi connectivity index (χ2v) is 1.71.